The van der Waals surface area contributed by atoms with E-state index >= 15 is 0 Å². The first-order chi connectivity index (χ1) is 10.7. The molecular weight excluding hydrogens is 276 g/mol. The summed E-state index contributed by atoms with van der Waals surface area (Å²) in [7, 11) is 1.96. The molecule has 4 nitrogen and oxygen atoms in total. The van der Waals surface area contributed by atoms with E-state index in [1.54, 1.807) is 0 Å². The number of hydrogen-bond acceptors (Lipinski definition) is 3. The SMILES string of the molecule is CCC(C)c1ccccc1OCC(=O)N1CCC(CNC)C1. The van der Waals surface area contributed by atoms with Gasteiger partial charge in [0.25, 0.3) is 5.91 Å². The summed E-state index contributed by atoms with van der Waals surface area (Å²) in [6, 6.07) is 8.04. The Morgan fingerprint density at radius 3 is 2.95 bits per heavy atom. The maximum absolute atomic E-state index is 12.3. The fourth-order valence-corrected chi connectivity index (χ4v) is 2.98. The number of carbonyl (C=O) groups excluding carboxylic acids is 1. The Balaban J connectivity index is 1.89. The van der Waals surface area contributed by atoms with Gasteiger partial charge in [-0.3, -0.25) is 4.79 Å². The fourth-order valence-electron chi connectivity index (χ4n) is 2.98. The number of hydrogen-bond donors (Lipinski definition) is 1. The standard InChI is InChI=1S/C18H28N2O2/c1-4-14(2)16-7-5-6-8-17(16)22-13-18(21)20-10-9-15(12-20)11-19-3/h5-8,14-15,19H,4,9-13H2,1-3H3. The molecule has 0 saturated carbocycles. The van der Waals surface area contributed by atoms with Gasteiger partial charge >= 0.3 is 0 Å². The summed E-state index contributed by atoms with van der Waals surface area (Å²) in [5, 5.41) is 3.18. The molecule has 1 aromatic carbocycles. The molecule has 122 valence electrons. The highest BCUT2D eigenvalue weighted by atomic mass is 16.5. The molecule has 4 heteroatoms. The van der Waals surface area contributed by atoms with Crippen LogP contribution in [0.3, 0.4) is 0 Å². The number of carbonyl (C=O) groups is 1. The maximum atomic E-state index is 12.3. The second-order valence-electron chi connectivity index (χ2n) is 6.19. The second-order valence-corrected chi connectivity index (χ2v) is 6.19. The van der Waals surface area contributed by atoms with E-state index in [9.17, 15) is 4.79 Å². The first-order valence-electron chi connectivity index (χ1n) is 8.29. The first-order valence-corrected chi connectivity index (χ1v) is 8.29. The number of nitrogens with one attached hydrogen (secondary N) is 1. The highest BCUT2D eigenvalue weighted by molar-refractivity contribution is 5.78. The van der Waals surface area contributed by atoms with Crippen molar-refractivity contribution in [1.29, 1.82) is 0 Å². The maximum Gasteiger partial charge on any atom is 0.260 e. The monoisotopic (exact) mass is 304 g/mol. The van der Waals surface area contributed by atoms with E-state index in [-0.39, 0.29) is 12.5 Å². The summed E-state index contributed by atoms with van der Waals surface area (Å²) >= 11 is 0. The molecule has 1 aromatic rings. The molecule has 0 spiro atoms. The summed E-state index contributed by atoms with van der Waals surface area (Å²) < 4.78 is 5.82. The van der Waals surface area contributed by atoms with Gasteiger partial charge in [-0.25, -0.2) is 0 Å². The van der Waals surface area contributed by atoms with E-state index in [4.69, 9.17) is 4.74 Å². The van der Waals surface area contributed by atoms with Crippen molar-refractivity contribution in [1.82, 2.24) is 10.2 Å². The fraction of sp³-hybridized carbons (Fsp3) is 0.611. The lowest BCUT2D eigenvalue weighted by atomic mass is 9.98. The van der Waals surface area contributed by atoms with Crippen LogP contribution in [0.15, 0.2) is 24.3 Å². The minimum atomic E-state index is 0.0950. The molecule has 1 aliphatic heterocycles. The lowest BCUT2D eigenvalue weighted by molar-refractivity contribution is -0.132. The molecule has 2 rings (SSSR count). The zero-order chi connectivity index (χ0) is 15.9. The number of nitrogens with zero attached hydrogens (tertiary/aromatic N) is 1. The van der Waals surface area contributed by atoms with Crippen molar-refractivity contribution in [3.63, 3.8) is 0 Å². The number of amides is 1. The van der Waals surface area contributed by atoms with E-state index < -0.39 is 0 Å². The average Bonchev–Trinajstić information content (AvgIpc) is 3.01. The van der Waals surface area contributed by atoms with E-state index in [0.717, 1.165) is 38.2 Å². The summed E-state index contributed by atoms with van der Waals surface area (Å²) in [6.07, 6.45) is 2.14. The second kappa shape index (κ2) is 8.18. The number of likely N-dealkylation sites (tertiary alicyclic amines) is 1. The summed E-state index contributed by atoms with van der Waals surface area (Å²) in [5.74, 6) is 1.95. The topological polar surface area (TPSA) is 41.6 Å². The molecule has 0 radical (unpaired) electrons. The van der Waals surface area contributed by atoms with E-state index in [0.29, 0.717) is 11.8 Å². The van der Waals surface area contributed by atoms with Crippen LogP contribution in [0.5, 0.6) is 5.75 Å². The molecule has 1 heterocycles. The predicted octanol–water partition coefficient (Wildman–Crippen LogP) is 2.65. The van der Waals surface area contributed by atoms with Gasteiger partial charge in [-0.15, -0.1) is 0 Å². The van der Waals surface area contributed by atoms with Gasteiger partial charge in [0.1, 0.15) is 5.75 Å². The predicted molar refractivity (Wildman–Crippen MR) is 89.3 cm³/mol. The van der Waals surface area contributed by atoms with Crippen molar-refractivity contribution < 1.29 is 9.53 Å². The zero-order valence-electron chi connectivity index (χ0n) is 14.0. The highest BCUT2D eigenvalue weighted by Gasteiger charge is 2.26. The smallest absolute Gasteiger partial charge is 0.260 e. The van der Waals surface area contributed by atoms with Gasteiger partial charge in [-0.2, -0.15) is 0 Å². The van der Waals surface area contributed by atoms with Crippen molar-refractivity contribution in [3.05, 3.63) is 29.8 Å². The van der Waals surface area contributed by atoms with Gasteiger partial charge in [-0.05, 0) is 49.9 Å². The lowest BCUT2D eigenvalue weighted by Gasteiger charge is -2.19. The van der Waals surface area contributed by atoms with Crippen LogP contribution in [-0.4, -0.2) is 44.1 Å². The molecular formula is C18H28N2O2. The third-order valence-electron chi connectivity index (χ3n) is 4.54. The number of rotatable bonds is 7. The molecule has 1 aliphatic rings. The first kappa shape index (κ1) is 16.8. The van der Waals surface area contributed by atoms with Crippen LogP contribution in [0.25, 0.3) is 0 Å². The molecule has 1 N–H and O–H groups in total. The van der Waals surface area contributed by atoms with E-state index in [1.807, 2.05) is 30.1 Å². The van der Waals surface area contributed by atoms with Crippen molar-refractivity contribution in [2.24, 2.45) is 5.92 Å². The van der Waals surface area contributed by atoms with Crippen LogP contribution in [0, 0.1) is 5.92 Å². The number of ether oxygens (including phenoxy) is 1. The largest absolute Gasteiger partial charge is 0.483 e. The lowest BCUT2D eigenvalue weighted by Crippen LogP contribution is -2.34. The van der Waals surface area contributed by atoms with E-state index in [1.165, 1.54) is 5.56 Å². The number of benzene rings is 1. The number of para-hydroxylation sites is 1. The molecule has 2 unspecified atom stereocenters. The summed E-state index contributed by atoms with van der Waals surface area (Å²) in [4.78, 5) is 14.2. The molecule has 1 saturated heterocycles. The Hall–Kier alpha value is -1.55. The molecule has 1 amide bonds. The Labute approximate surface area is 133 Å². The van der Waals surface area contributed by atoms with Crippen LogP contribution >= 0.6 is 0 Å². The Bertz CT molecular complexity index is 490. The molecule has 22 heavy (non-hydrogen) atoms. The third kappa shape index (κ3) is 4.23. The van der Waals surface area contributed by atoms with Crippen LogP contribution < -0.4 is 10.1 Å². The molecule has 2 atom stereocenters. The minimum Gasteiger partial charge on any atom is -0.483 e. The van der Waals surface area contributed by atoms with Gasteiger partial charge in [-0.1, -0.05) is 32.0 Å². The van der Waals surface area contributed by atoms with Crippen LogP contribution in [0.2, 0.25) is 0 Å². The molecule has 0 aliphatic carbocycles. The Morgan fingerprint density at radius 2 is 2.23 bits per heavy atom. The van der Waals surface area contributed by atoms with Crippen molar-refractivity contribution in [2.45, 2.75) is 32.6 Å². The van der Waals surface area contributed by atoms with Gasteiger partial charge in [0.05, 0.1) is 0 Å². The molecule has 0 bridgehead atoms. The van der Waals surface area contributed by atoms with Gasteiger partial charge in [0.2, 0.25) is 0 Å². The molecule has 1 fully saturated rings. The quantitative estimate of drug-likeness (QED) is 0.842. The normalized spacial score (nSPS) is 19.2. The zero-order valence-corrected chi connectivity index (χ0v) is 14.0. The van der Waals surface area contributed by atoms with Crippen LogP contribution in [-0.2, 0) is 4.79 Å². The highest BCUT2D eigenvalue weighted by Crippen LogP contribution is 2.28. The van der Waals surface area contributed by atoms with Gasteiger partial charge in [0.15, 0.2) is 6.61 Å². The summed E-state index contributed by atoms with van der Waals surface area (Å²) in [5.41, 5.74) is 1.19. The Morgan fingerprint density at radius 1 is 1.45 bits per heavy atom. The van der Waals surface area contributed by atoms with Crippen LogP contribution in [0.1, 0.15) is 38.2 Å². The van der Waals surface area contributed by atoms with E-state index in [2.05, 4.69) is 25.2 Å². The van der Waals surface area contributed by atoms with Crippen LogP contribution in [0.4, 0.5) is 0 Å². The minimum absolute atomic E-state index is 0.0950. The van der Waals surface area contributed by atoms with Crippen molar-refractivity contribution in [3.8, 4) is 5.75 Å². The van der Waals surface area contributed by atoms with Gasteiger partial charge < -0.3 is 15.0 Å². The third-order valence-corrected chi connectivity index (χ3v) is 4.54. The van der Waals surface area contributed by atoms with Gasteiger partial charge in [0, 0.05) is 13.1 Å². The molecule has 0 aromatic heterocycles. The average molecular weight is 304 g/mol. The Kier molecular flexibility index (Phi) is 6.25. The van der Waals surface area contributed by atoms with Crippen molar-refractivity contribution in [2.75, 3.05) is 33.3 Å². The van der Waals surface area contributed by atoms with Crippen molar-refractivity contribution >= 4 is 5.91 Å². The summed E-state index contributed by atoms with van der Waals surface area (Å²) in [6.45, 7) is 7.16.